The first-order valence-electron chi connectivity index (χ1n) is 21.3. The maximum Gasteiger partial charge on any atom is 0.164 e. The molecule has 1 aliphatic carbocycles. The van der Waals surface area contributed by atoms with E-state index in [-0.39, 0.29) is 0 Å². The monoisotopic (exact) mass is 822 g/mol. The Bertz CT molecular complexity index is 3440. The molecule has 11 aromatic rings. The van der Waals surface area contributed by atoms with Gasteiger partial charge in [-0.25, -0.2) is 15.0 Å². The van der Waals surface area contributed by atoms with Crippen molar-refractivity contribution in [2.75, 3.05) is 0 Å². The zero-order chi connectivity index (χ0) is 41.7. The number of hydrogen-bond donors (Lipinski definition) is 0. The number of hydrogen-bond acceptors (Lipinski definition) is 4. The Morgan fingerprint density at radius 2 is 0.889 bits per heavy atom. The van der Waals surface area contributed by atoms with Crippen LogP contribution in [0.2, 0.25) is 0 Å². The summed E-state index contributed by atoms with van der Waals surface area (Å²) in [5, 5.41) is 2.42. The second kappa shape index (κ2) is 15.2. The summed E-state index contributed by atoms with van der Waals surface area (Å²) >= 11 is 1.73. The van der Waals surface area contributed by atoms with Gasteiger partial charge in [0.2, 0.25) is 0 Å². The predicted molar refractivity (Wildman–Crippen MR) is 258 cm³/mol. The van der Waals surface area contributed by atoms with Crippen molar-refractivity contribution in [1.82, 2.24) is 19.5 Å². The molecular weight excluding hydrogens is 785 g/mol. The van der Waals surface area contributed by atoms with Gasteiger partial charge in [0.1, 0.15) is 0 Å². The molecule has 0 bridgehead atoms. The minimum absolute atomic E-state index is 0.516. The Hall–Kier alpha value is -7.86. The highest BCUT2D eigenvalue weighted by molar-refractivity contribution is 7.99. The molecule has 2 heterocycles. The third kappa shape index (κ3) is 6.19. The molecule has 63 heavy (non-hydrogen) atoms. The highest BCUT2D eigenvalue weighted by atomic mass is 32.2. The van der Waals surface area contributed by atoms with Crippen molar-refractivity contribution < 1.29 is 0 Å². The summed E-state index contributed by atoms with van der Waals surface area (Å²) in [6.45, 7) is 0. The molecule has 0 saturated heterocycles. The van der Waals surface area contributed by atoms with Crippen molar-refractivity contribution in [2.45, 2.75) is 15.2 Å². The Kier molecular flexibility index (Phi) is 8.94. The molecule has 0 spiro atoms. The third-order valence-corrected chi connectivity index (χ3v) is 13.3. The first-order valence-corrected chi connectivity index (χ1v) is 22.1. The van der Waals surface area contributed by atoms with E-state index in [4.69, 9.17) is 15.0 Å². The lowest BCUT2D eigenvalue weighted by Crippen LogP contribution is -2.28. The summed E-state index contributed by atoms with van der Waals surface area (Å²) < 4.78 is 2.42. The molecule has 2 aromatic heterocycles. The van der Waals surface area contributed by atoms with Gasteiger partial charge in [0.25, 0.3) is 0 Å². The number of benzene rings is 9. The summed E-state index contributed by atoms with van der Waals surface area (Å²) in [6, 6.07) is 82.4. The first-order chi connectivity index (χ1) is 31.2. The van der Waals surface area contributed by atoms with Gasteiger partial charge in [0.05, 0.1) is 16.4 Å². The number of fused-ring (bicyclic) bond motifs is 6. The van der Waals surface area contributed by atoms with Gasteiger partial charge in [-0.1, -0.05) is 188 Å². The zero-order valence-corrected chi connectivity index (χ0v) is 35.0. The maximum absolute atomic E-state index is 5.21. The van der Waals surface area contributed by atoms with Crippen LogP contribution in [0.4, 0.5) is 0 Å². The van der Waals surface area contributed by atoms with E-state index in [0.29, 0.717) is 17.5 Å². The van der Waals surface area contributed by atoms with Crippen molar-refractivity contribution in [2.24, 2.45) is 0 Å². The van der Waals surface area contributed by atoms with E-state index in [1.807, 2.05) is 24.3 Å². The molecule has 0 atom stereocenters. The second-order valence-electron chi connectivity index (χ2n) is 16.0. The SMILES string of the molecule is c1ccc(Sc2cccc(-c3nc(-c4ccccc4)nc(-c4cccc(-n5c6ccccc6c6cc7c(cc65)C(c5ccccc5)(c5ccccc5)c5ccccc5-7)c4)n3)c2)cc1. The molecule has 0 N–H and O–H groups in total. The van der Waals surface area contributed by atoms with Gasteiger partial charge >= 0.3 is 0 Å². The van der Waals surface area contributed by atoms with E-state index in [1.165, 1.54) is 49.0 Å². The number of nitrogens with zero attached hydrogens (tertiary/aromatic N) is 4. The molecule has 0 radical (unpaired) electrons. The molecule has 4 nitrogen and oxygen atoms in total. The van der Waals surface area contributed by atoms with Gasteiger partial charge < -0.3 is 4.57 Å². The molecule has 296 valence electrons. The minimum Gasteiger partial charge on any atom is -0.309 e. The molecule has 12 rings (SSSR count). The fourth-order valence-corrected chi connectivity index (χ4v) is 10.5. The van der Waals surface area contributed by atoms with Crippen LogP contribution in [0.1, 0.15) is 22.3 Å². The molecule has 1 aliphatic rings. The Morgan fingerprint density at radius 3 is 1.60 bits per heavy atom. The lowest BCUT2D eigenvalue weighted by molar-refractivity contribution is 0.769. The standard InChI is InChI=1S/C58H38N4S/c1-5-19-39(20-6-1)55-59-56(61-57(60-55)41-22-18-30-46(36-41)63-45-28-11-4-12-29-45)40-21-17-27-44(35-40)62-53-34-16-14-32-48(53)50-37-49-47-31-13-15-33-51(47)58(52(49)38-54(50)62,42-23-7-2-8-24-42)43-25-9-3-10-26-43/h1-38H. The van der Waals surface area contributed by atoms with Crippen LogP contribution in [-0.2, 0) is 5.41 Å². The normalized spacial score (nSPS) is 12.6. The molecule has 5 heteroatoms. The average molecular weight is 823 g/mol. The van der Waals surface area contributed by atoms with Crippen molar-refractivity contribution in [3.8, 4) is 51.0 Å². The molecule has 0 fully saturated rings. The van der Waals surface area contributed by atoms with Crippen LogP contribution in [0.5, 0.6) is 0 Å². The van der Waals surface area contributed by atoms with Gasteiger partial charge in [-0.05, 0) is 88.0 Å². The Labute approximate surface area is 370 Å². The van der Waals surface area contributed by atoms with E-state index in [2.05, 4.69) is 211 Å². The van der Waals surface area contributed by atoms with Crippen LogP contribution < -0.4 is 0 Å². The van der Waals surface area contributed by atoms with E-state index < -0.39 is 5.41 Å². The van der Waals surface area contributed by atoms with E-state index in [0.717, 1.165) is 38.3 Å². The van der Waals surface area contributed by atoms with Crippen molar-refractivity contribution in [1.29, 1.82) is 0 Å². The molecule has 0 unspecified atom stereocenters. The maximum atomic E-state index is 5.21. The fourth-order valence-electron chi connectivity index (χ4n) is 9.64. The highest BCUT2D eigenvalue weighted by Crippen LogP contribution is 2.57. The van der Waals surface area contributed by atoms with Crippen LogP contribution in [0.25, 0.3) is 72.8 Å². The minimum atomic E-state index is -0.516. The van der Waals surface area contributed by atoms with Crippen molar-refractivity contribution in [3.05, 3.63) is 253 Å². The van der Waals surface area contributed by atoms with Gasteiger partial charge in [-0.3, -0.25) is 0 Å². The molecule has 9 aromatic carbocycles. The molecule has 0 aliphatic heterocycles. The fraction of sp³-hybridized carbons (Fsp3) is 0.0172. The number of rotatable bonds is 8. The molecular formula is C58H38N4S. The summed E-state index contributed by atoms with van der Waals surface area (Å²) in [5.74, 6) is 1.88. The summed E-state index contributed by atoms with van der Waals surface area (Å²) in [6.07, 6.45) is 0. The van der Waals surface area contributed by atoms with Crippen molar-refractivity contribution in [3.63, 3.8) is 0 Å². The van der Waals surface area contributed by atoms with E-state index >= 15 is 0 Å². The average Bonchev–Trinajstić information content (AvgIpc) is 3.84. The predicted octanol–water partition coefficient (Wildman–Crippen LogP) is 14.5. The van der Waals surface area contributed by atoms with Gasteiger partial charge in [-0.15, -0.1) is 0 Å². The zero-order valence-electron chi connectivity index (χ0n) is 34.1. The Morgan fingerprint density at radius 1 is 0.349 bits per heavy atom. The van der Waals surface area contributed by atoms with Crippen LogP contribution in [-0.4, -0.2) is 19.5 Å². The quantitative estimate of drug-likeness (QED) is 0.153. The summed E-state index contributed by atoms with van der Waals surface area (Å²) in [4.78, 5) is 17.7. The van der Waals surface area contributed by atoms with Gasteiger partial charge in [0, 0.05) is 42.9 Å². The van der Waals surface area contributed by atoms with Crippen molar-refractivity contribution >= 4 is 33.6 Å². The van der Waals surface area contributed by atoms with Crippen LogP contribution in [0, 0.1) is 0 Å². The molecule has 0 amide bonds. The number of aromatic nitrogens is 4. The molecule has 0 saturated carbocycles. The van der Waals surface area contributed by atoms with Crippen LogP contribution in [0.3, 0.4) is 0 Å². The smallest absolute Gasteiger partial charge is 0.164 e. The second-order valence-corrected chi connectivity index (χ2v) is 17.1. The highest BCUT2D eigenvalue weighted by Gasteiger charge is 2.46. The first kappa shape index (κ1) is 36.9. The number of para-hydroxylation sites is 1. The van der Waals surface area contributed by atoms with Crippen LogP contribution in [0.15, 0.2) is 240 Å². The third-order valence-electron chi connectivity index (χ3n) is 12.4. The van der Waals surface area contributed by atoms with E-state index in [9.17, 15) is 0 Å². The summed E-state index contributed by atoms with van der Waals surface area (Å²) in [7, 11) is 0. The topological polar surface area (TPSA) is 43.6 Å². The van der Waals surface area contributed by atoms with E-state index in [1.54, 1.807) is 11.8 Å². The largest absolute Gasteiger partial charge is 0.309 e. The van der Waals surface area contributed by atoms with Gasteiger partial charge in [0.15, 0.2) is 17.5 Å². The van der Waals surface area contributed by atoms with Gasteiger partial charge in [-0.2, -0.15) is 0 Å². The Balaban J connectivity index is 1.06. The van der Waals surface area contributed by atoms with Crippen LogP contribution >= 0.6 is 11.8 Å². The lowest BCUT2D eigenvalue weighted by Gasteiger charge is -2.34. The summed E-state index contributed by atoms with van der Waals surface area (Å²) in [5.41, 5.74) is 13.2. The lowest BCUT2D eigenvalue weighted by atomic mass is 9.67.